The highest BCUT2D eigenvalue weighted by Gasteiger charge is 2.18. The lowest BCUT2D eigenvalue weighted by Gasteiger charge is -2.21. The predicted octanol–water partition coefficient (Wildman–Crippen LogP) is 4.36. The summed E-state index contributed by atoms with van der Waals surface area (Å²) in [5, 5.41) is 2.84. The van der Waals surface area contributed by atoms with Crippen LogP contribution in [0.25, 0.3) is 0 Å². The van der Waals surface area contributed by atoms with Crippen molar-refractivity contribution in [2.75, 3.05) is 19.5 Å². The molecule has 2 aromatic carbocycles. The van der Waals surface area contributed by atoms with Crippen LogP contribution in [0.1, 0.15) is 37.3 Å². The van der Waals surface area contributed by atoms with Crippen LogP contribution < -0.4 is 14.8 Å². The molecule has 0 spiro atoms. The van der Waals surface area contributed by atoms with Crippen LogP contribution in [0.3, 0.4) is 0 Å². The van der Waals surface area contributed by atoms with Crippen molar-refractivity contribution < 1.29 is 14.3 Å². The summed E-state index contributed by atoms with van der Waals surface area (Å²) < 4.78 is 11.3. The third-order valence-corrected chi connectivity index (χ3v) is 4.29. The molecule has 4 nitrogen and oxygen atoms in total. The molecule has 0 fully saturated rings. The van der Waals surface area contributed by atoms with E-state index in [4.69, 9.17) is 21.1 Å². The number of ether oxygens (including phenoxy) is 2. The molecule has 140 valence electrons. The molecule has 2 rings (SSSR count). The van der Waals surface area contributed by atoms with Crippen molar-refractivity contribution in [3.63, 3.8) is 0 Å². The van der Waals surface area contributed by atoms with Gasteiger partial charge in [0.05, 0.1) is 13.2 Å². The summed E-state index contributed by atoms with van der Waals surface area (Å²) in [5.74, 6) is 1.59. The fraction of sp³-hybridized carbons (Fsp3) is 0.381. The molecule has 0 saturated carbocycles. The van der Waals surface area contributed by atoms with Gasteiger partial charge in [0, 0.05) is 18.0 Å². The number of hydrogen-bond acceptors (Lipinski definition) is 3. The second kappa shape index (κ2) is 10.1. The Hall–Kier alpha value is -2.20. The first-order chi connectivity index (χ1) is 12.5. The lowest BCUT2D eigenvalue weighted by molar-refractivity contribution is -0.118. The highest BCUT2D eigenvalue weighted by molar-refractivity contribution is 6.27. The number of hydrogen-bond donors (Lipinski definition) is 1. The first kappa shape index (κ1) is 20.1. The molecule has 1 atom stereocenters. The average molecular weight is 376 g/mol. The maximum atomic E-state index is 11.5. The molecule has 0 aliphatic carbocycles. The predicted molar refractivity (Wildman–Crippen MR) is 105 cm³/mol. The first-order valence-electron chi connectivity index (χ1n) is 8.77. The Bertz CT molecular complexity index is 701. The van der Waals surface area contributed by atoms with E-state index in [1.54, 1.807) is 7.11 Å². The number of nitrogens with one attached hydrogen (secondary N) is 1. The van der Waals surface area contributed by atoms with Crippen molar-refractivity contribution in [1.82, 2.24) is 5.32 Å². The summed E-state index contributed by atoms with van der Waals surface area (Å²) >= 11 is 5.56. The molecule has 0 radical (unpaired) electrons. The largest absolute Gasteiger partial charge is 0.496 e. The molecular weight excluding hydrogens is 350 g/mol. The van der Waals surface area contributed by atoms with Crippen LogP contribution in [0.4, 0.5) is 0 Å². The van der Waals surface area contributed by atoms with E-state index in [9.17, 15) is 4.79 Å². The van der Waals surface area contributed by atoms with E-state index >= 15 is 0 Å². The van der Waals surface area contributed by atoms with Crippen molar-refractivity contribution in [3.8, 4) is 11.5 Å². The van der Waals surface area contributed by atoms with Gasteiger partial charge in [-0.3, -0.25) is 4.79 Å². The Morgan fingerprint density at radius 2 is 1.81 bits per heavy atom. The molecule has 1 N–H and O–H groups in total. The van der Waals surface area contributed by atoms with E-state index in [0.29, 0.717) is 6.54 Å². The fourth-order valence-electron chi connectivity index (χ4n) is 2.91. The van der Waals surface area contributed by atoms with Gasteiger partial charge in [0.1, 0.15) is 17.4 Å². The van der Waals surface area contributed by atoms with Gasteiger partial charge in [0.2, 0.25) is 5.91 Å². The number of amides is 1. The number of carbonyl (C=O) groups excluding carboxylic acids is 1. The maximum absolute atomic E-state index is 11.5. The quantitative estimate of drug-likeness (QED) is 0.662. The third-order valence-electron chi connectivity index (χ3n) is 4.05. The minimum atomic E-state index is -0.161. The van der Waals surface area contributed by atoms with Crippen LogP contribution in [0.5, 0.6) is 11.5 Å². The molecule has 0 bridgehead atoms. The summed E-state index contributed by atoms with van der Waals surface area (Å²) in [6.07, 6.45) is 0.879. The van der Waals surface area contributed by atoms with E-state index < -0.39 is 0 Å². The van der Waals surface area contributed by atoms with Gasteiger partial charge < -0.3 is 14.8 Å². The Morgan fingerprint density at radius 3 is 2.42 bits per heavy atom. The number of alkyl halides is 1. The van der Waals surface area contributed by atoms with Crippen molar-refractivity contribution in [1.29, 1.82) is 0 Å². The van der Waals surface area contributed by atoms with Gasteiger partial charge in [-0.1, -0.05) is 30.3 Å². The zero-order valence-electron chi connectivity index (χ0n) is 15.5. The highest BCUT2D eigenvalue weighted by Crippen LogP contribution is 2.34. The van der Waals surface area contributed by atoms with Crippen molar-refractivity contribution in [2.24, 2.45) is 0 Å². The lowest BCUT2D eigenvalue weighted by Crippen LogP contribution is -2.26. The Balaban J connectivity index is 2.26. The molecule has 5 heteroatoms. The summed E-state index contributed by atoms with van der Waals surface area (Å²) in [4.78, 5) is 11.5. The van der Waals surface area contributed by atoms with Crippen LogP contribution >= 0.6 is 11.6 Å². The molecule has 26 heavy (non-hydrogen) atoms. The zero-order chi connectivity index (χ0) is 18.9. The molecule has 0 aliphatic heterocycles. The minimum absolute atomic E-state index is 0.0272. The van der Waals surface area contributed by atoms with Crippen LogP contribution in [0.15, 0.2) is 48.5 Å². The summed E-state index contributed by atoms with van der Waals surface area (Å²) in [7, 11) is 1.67. The molecule has 1 amide bonds. The number of para-hydroxylation sites is 1. The normalized spacial score (nSPS) is 11.9. The highest BCUT2D eigenvalue weighted by atomic mass is 35.5. The molecular formula is C21H26ClNO3. The maximum Gasteiger partial charge on any atom is 0.234 e. The molecule has 0 saturated heterocycles. The van der Waals surface area contributed by atoms with E-state index in [1.807, 2.05) is 44.2 Å². The van der Waals surface area contributed by atoms with Crippen LogP contribution in [0.2, 0.25) is 0 Å². The Kier molecular flexibility index (Phi) is 7.79. The fourth-order valence-corrected chi connectivity index (χ4v) is 3.00. The molecule has 0 unspecified atom stereocenters. The van der Waals surface area contributed by atoms with Gasteiger partial charge in [-0.25, -0.2) is 0 Å². The van der Waals surface area contributed by atoms with Gasteiger partial charge in [-0.15, -0.1) is 11.6 Å². The van der Waals surface area contributed by atoms with E-state index in [2.05, 4.69) is 23.5 Å². The standard InChI is InChI=1S/C21H26ClNO3/c1-15(2)26-17-10-8-16(9-11-17)18(12-13-23-21(24)14-22)19-6-4-5-7-20(19)25-3/h4-11,15,18H,12-14H2,1-3H3,(H,23,24)/t18-/m0/s1. The second-order valence-electron chi connectivity index (χ2n) is 6.30. The summed E-state index contributed by atoms with van der Waals surface area (Å²) in [5.41, 5.74) is 2.23. The van der Waals surface area contributed by atoms with Crippen LogP contribution in [0, 0.1) is 0 Å². The summed E-state index contributed by atoms with van der Waals surface area (Å²) in [6, 6.07) is 16.1. The monoisotopic (exact) mass is 375 g/mol. The number of carbonyl (C=O) groups is 1. The topological polar surface area (TPSA) is 47.6 Å². The van der Waals surface area contributed by atoms with Gasteiger partial charge in [-0.2, -0.15) is 0 Å². The second-order valence-corrected chi connectivity index (χ2v) is 6.57. The molecule has 2 aromatic rings. The lowest BCUT2D eigenvalue weighted by atomic mass is 9.88. The van der Waals surface area contributed by atoms with E-state index in [-0.39, 0.29) is 23.8 Å². The van der Waals surface area contributed by atoms with Gasteiger partial charge in [-0.05, 0) is 44.0 Å². The SMILES string of the molecule is COc1ccccc1[C@@H](CCNC(=O)CCl)c1ccc(OC(C)C)cc1. The van der Waals surface area contributed by atoms with Gasteiger partial charge in [0.15, 0.2) is 0 Å². The van der Waals surface area contributed by atoms with Crippen molar-refractivity contribution >= 4 is 17.5 Å². The van der Waals surface area contributed by atoms with E-state index in [1.165, 1.54) is 0 Å². The Labute approximate surface area is 160 Å². The van der Waals surface area contributed by atoms with Crippen molar-refractivity contribution in [2.45, 2.75) is 32.3 Å². The third kappa shape index (κ3) is 5.67. The smallest absolute Gasteiger partial charge is 0.234 e. The summed E-state index contributed by atoms with van der Waals surface area (Å²) in [6.45, 7) is 4.55. The molecule has 0 aliphatic rings. The van der Waals surface area contributed by atoms with Crippen molar-refractivity contribution in [3.05, 3.63) is 59.7 Å². The van der Waals surface area contributed by atoms with Gasteiger partial charge >= 0.3 is 0 Å². The minimum Gasteiger partial charge on any atom is -0.496 e. The number of methoxy groups -OCH3 is 1. The van der Waals surface area contributed by atoms with Gasteiger partial charge in [0.25, 0.3) is 0 Å². The number of benzene rings is 2. The van der Waals surface area contributed by atoms with Crippen LogP contribution in [-0.2, 0) is 4.79 Å². The average Bonchev–Trinajstić information content (AvgIpc) is 2.65. The zero-order valence-corrected chi connectivity index (χ0v) is 16.3. The number of rotatable bonds is 9. The van der Waals surface area contributed by atoms with Crippen LogP contribution in [-0.4, -0.2) is 31.5 Å². The molecule has 0 heterocycles. The van der Waals surface area contributed by atoms with E-state index in [0.717, 1.165) is 29.0 Å². The number of halogens is 1. The Morgan fingerprint density at radius 1 is 1.12 bits per heavy atom. The first-order valence-corrected chi connectivity index (χ1v) is 9.30. The molecule has 0 aromatic heterocycles.